The standard InChI is InChI=1S/C12H24N2O/c1-9-11-10(13(5)6-7-15-11)8-14(9)12(2,3)4/h9-11H,6-8H2,1-5H3/t9-,10?,11?/m0/s1. The van der Waals surface area contributed by atoms with Crippen molar-refractivity contribution in [2.75, 3.05) is 26.7 Å². The summed E-state index contributed by atoms with van der Waals surface area (Å²) in [5.41, 5.74) is 0.251. The van der Waals surface area contributed by atoms with E-state index in [1.807, 2.05) is 0 Å². The zero-order chi connectivity index (χ0) is 11.2. The van der Waals surface area contributed by atoms with E-state index in [1.165, 1.54) is 0 Å². The Morgan fingerprint density at radius 2 is 1.93 bits per heavy atom. The van der Waals surface area contributed by atoms with Crippen molar-refractivity contribution >= 4 is 0 Å². The normalized spacial score (nSPS) is 39.4. The number of rotatable bonds is 0. The monoisotopic (exact) mass is 212 g/mol. The van der Waals surface area contributed by atoms with Crippen LogP contribution in [0, 0.1) is 0 Å². The molecule has 15 heavy (non-hydrogen) atoms. The molecule has 0 aromatic rings. The second kappa shape index (κ2) is 3.72. The SMILES string of the molecule is C[C@H]1C2OCCN(C)C2CN1C(C)(C)C. The van der Waals surface area contributed by atoms with Crippen LogP contribution in [0.15, 0.2) is 0 Å². The van der Waals surface area contributed by atoms with E-state index in [1.54, 1.807) is 0 Å². The first-order valence-electron chi connectivity index (χ1n) is 6.00. The van der Waals surface area contributed by atoms with Gasteiger partial charge in [0.1, 0.15) is 0 Å². The average Bonchev–Trinajstić information content (AvgIpc) is 2.45. The summed E-state index contributed by atoms with van der Waals surface area (Å²) in [6, 6.07) is 1.13. The number of fused-ring (bicyclic) bond motifs is 1. The summed E-state index contributed by atoms with van der Waals surface area (Å²) in [4.78, 5) is 5.03. The second-order valence-corrected chi connectivity index (χ2v) is 5.95. The van der Waals surface area contributed by atoms with Gasteiger partial charge in [-0.2, -0.15) is 0 Å². The van der Waals surface area contributed by atoms with Crippen molar-refractivity contribution in [2.45, 2.75) is 51.4 Å². The van der Waals surface area contributed by atoms with E-state index in [0.29, 0.717) is 18.2 Å². The van der Waals surface area contributed by atoms with Crippen LogP contribution < -0.4 is 0 Å². The first-order valence-corrected chi connectivity index (χ1v) is 6.00. The molecule has 2 aliphatic heterocycles. The molecule has 0 aromatic carbocycles. The lowest BCUT2D eigenvalue weighted by atomic mass is 10.0. The van der Waals surface area contributed by atoms with Gasteiger partial charge in [0.2, 0.25) is 0 Å². The smallest absolute Gasteiger partial charge is 0.0895 e. The van der Waals surface area contributed by atoms with Gasteiger partial charge in [-0.1, -0.05) is 0 Å². The summed E-state index contributed by atoms with van der Waals surface area (Å²) in [5.74, 6) is 0. The molecule has 2 aliphatic rings. The molecular formula is C12H24N2O. The van der Waals surface area contributed by atoms with Crippen LogP contribution in [-0.4, -0.2) is 60.3 Å². The zero-order valence-corrected chi connectivity index (χ0v) is 10.7. The quantitative estimate of drug-likeness (QED) is 0.600. The van der Waals surface area contributed by atoms with Gasteiger partial charge in [-0.05, 0) is 34.7 Å². The molecule has 0 spiro atoms. The molecule has 0 amide bonds. The molecule has 2 heterocycles. The van der Waals surface area contributed by atoms with Gasteiger partial charge in [-0.3, -0.25) is 9.80 Å². The summed E-state index contributed by atoms with van der Waals surface area (Å²) < 4.78 is 5.93. The highest BCUT2D eigenvalue weighted by Crippen LogP contribution is 2.32. The Hall–Kier alpha value is -0.120. The lowest BCUT2D eigenvalue weighted by molar-refractivity contribution is -0.0533. The molecule has 0 aromatic heterocycles. The molecule has 0 saturated carbocycles. The average molecular weight is 212 g/mol. The lowest BCUT2D eigenvalue weighted by Crippen LogP contribution is -2.50. The van der Waals surface area contributed by atoms with Gasteiger partial charge in [0.15, 0.2) is 0 Å². The molecule has 88 valence electrons. The molecule has 2 rings (SSSR count). The molecule has 2 unspecified atom stereocenters. The van der Waals surface area contributed by atoms with Crippen molar-refractivity contribution in [2.24, 2.45) is 0 Å². The van der Waals surface area contributed by atoms with Crippen LogP contribution in [0.5, 0.6) is 0 Å². The van der Waals surface area contributed by atoms with E-state index in [-0.39, 0.29) is 5.54 Å². The second-order valence-electron chi connectivity index (χ2n) is 5.95. The van der Waals surface area contributed by atoms with Crippen LogP contribution in [-0.2, 0) is 4.74 Å². The van der Waals surface area contributed by atoms with E-state index < -0.39 is 0 Å². The maximum absolute atomic E-state index is 5.93. The van der Waals surface area contributed by atoms with E-state index in [4.69, 9.17) is 4.74 Å². The third-order valence-corrected chi connectivity index (χ3v) is 3.91. The molecule has 3 atom stereocenters. The zero-order valence-electron chi connectivity index (χ0n) is 10.7. The van der Waals surface area contributed by atoms with Crippen LogP contribution in [0.1, 0.15) is 27.7 Å². The van der Waals surface area contributed by atoms with Gasteiger partial charge in [0, 0.05) is 30.7 Å². The predicted molar refractivity (Wildman–Crippen MR) is 62.1 cm³/mol. The number of morpholine rings is 1. The van der Waals surface area contributed by atoms with Gasteiger partial charge in [-0.15, -0.1) is 0 Å². The number of likely N-dealkylation sites (tertiary alicyclic amines) is 1. The topological polar surface area (TPSA) is 15.7 Å². The molecule has 0 N–H and O–H groups in total. The van der Waals surface area contributed by atoms with Gasteiger partial charge in [0.25, 0.3) is 0 Å². The Bertz CT molecular complexity index is 236. The number of hydrogen-bond donors (Lipinski definition) is 0. The lowest BCUT2D eigenvalue weighted by Gasteiger charge is -2.36. The van der Waals surface area contributed by atoms with Gasteiger partial charge in [0.05, 0.1) is 12.7 Å². The van der Waals surface area contributed by atoms with Crippen LogP contribution in [0.2, 0.25) is 0 Å². The highest BCUT2D eigenvalue weighted by molar-refractivity contribution is 5.02. The summed E-state index contributed by atoms with van der Waals surface area (Å²) in [5, 5.41) is 0. The van der Waals surface area contributed by atoms with Crippen molar-refractivity contribution in [1.29, 1.82) is 0 Å². The van der Waals surface area contributed by atoms with Crippen LogP contribution in [0.25, 0.3) is 0 Å². The largest absolute Gasteiger partial charge is 0.374 e. The number of likely N-dealkylation sites (N-methyl/N-ethyl adjacent to an activating group) is 1. The molecule has 0 aliphatic carbocycles. The Balaban J connectivity index is 2.15. The molecule has 2 fully saturated rings. The first-order chi connectivity index (χ1) is 6.91. The van der Waals surface area contributed by atoms with Crippen LogP contribution in [0.3, 0.4) is 0 Å². The number of ether oxygens (including phenoxy) is 1. The van der Waals surface area contributed by atoms with Crippen molar-refractivity contribution in [1.82, 2.24) is 9.80 Å². The minimum absolute atomic E-state index is 0.251. The van der Waals surface area contributed by atoms with Gasteiger partial charge < -0.3 is 4.74 Å². The molecule has 0 bridgehead atoms. The maximum atomic E-state index is 5.93. The maximum Gasteiger partial charge on any atom is 0.0895 e. The Morgan fingerprint density at radius 1 is 1.27 bits per heavy atom. The molecule has 3 heteroatoms. The Morgan fingerprint density at radius 3 is 2.47 bits per heavy atom. The molecular weight excluding hydrogens is 188 g/mol. The number of hydrogen-bond acceptors (Lipinski definition) is 3. The van der Waals surface area contributed by atoms with Crippen molar-refractivity contribution in [3.63, 3.8) is 0 Å². The van der Waals surface area contributed by atoms with Crippen LogP contribution >= 0.6 is 0 Å². The minimum Gasteiger partial charge on any atom is -0.374 e. The van der Waals surface area contributed by atoms with E-state index in [0.717, 1.165) is 19.7 Å². The van der Waals surface area contributed by atoms with E-state index in [9.17, 15) is 0 Å². The fourth-order valence-corrected chi connectivity index (χ4v) is 2.99. The number of nitrogens with zero attached hydrogens (tertiary/aromatic N) is 2. The molecule has 0 radical (unpaired) electrons. The highest BCUT2D eigenvalue weighted by atomic mass is 16.5. The van der Waals surface area contributed by atoms with E-state index in [2.05, 4.69) is 44.5 Å². The Labute approximate surface area is 93.4 Å². The first kappa shape index (κ1) is 11.4. The van der Waals surface area contributed by atoms with Gasteiger partial charge in [-0.25, -0.2) is 0 Å². The minimum atomic E-state index is 0.251. The fraction of sp³-hybridized carbons (Fsp3) is 1.00. The Kier molecular flexibility index (Phi) is 2.82. The van der Waals surface area contributed by atoms with Crippen molar-refractivity contribution in [3.05, 3.63) is 0 Å². The summed E-state index contributed by atoms with van der Waals surface area (Å²) >= 11 is 0. The third kappa shape index (κ3) is 1.93. The summed E-state index contributed by atoms with van der Waals surface area (Å²) in [6.07, 6.45) is 0.406. The van der Waals surface area contributed by atoms with Crippen molar-refractivity contribution < 1.29 is 4.74 Å². The molecule has 2 saturated heterocycles. The fourth-order valence-electron chi connectivity index (χ4n) is 2.99. The van der Waals surface area contributed by atoms with Gasteiger partial charge >= 0.3 is 0 Å². The van der Waals surface area contributed by atoms with Crippen molar-refractivity contribution in [3.8, 4) is 0 Å². The van der Waals surface area contributed by atoms with Crippen LogP contribution in [0.4, 0.5) is 0 Å². The molecule has 3 nitrogen and oxygen atoms in total. The summed E-state index contributed by atoms with van der Waals surface area (Å²) in [7, 11) is 2.22. The predicted octanol–water partition coefficient (Wildman–Crippen LogP) is 1.19. The third-order valence-electron chi connectivity index (χ3n) is 3.91. The van der Waals surface area contributed by atoms with E-state index >= 15 is 0 Å². The summed E-state index contributed by atoms with van der Waals surface area (Å²) in [6.45, 7) is 12.3. The highest BCUT2D eigenvalue weighted by Gasteiger charge is 2.46.